The summed E-state index contributed by atoms with van der Waals surface area (Å²) < 4.78 is 12.2. The van der Waals surface area contributed by atoms with E-state index in [1.54, 1.807) is 0 Å². The van der Waals surface area contributed by atoms with Crippen molar-refractivity contribution in [3.63, 3.8) is 0 Å². The number of rotatable bonds is 5. The maximum Gasteiger partial charge on any atom is 0.130 e. The molecule has 0 bridgehead atoms. The summed E-state index contributed by atoms with van der Waals surface area (Å²) in [6, 6.07) is 10.0. The monoisotopic (exact) mass is 309 g/mol. The highest BCUT2D eigenvalue weighted by Gasteiger charge is 2.06. The van der Waals surface area contributed by atoms with Gasteiger partial charge >= 0.3 is 0 Å². The van der Waals surface area contributed by atoms with Gasteiger partial charge in [-0.25, -0.2) is 0 Å². The van der Waals surface area contributed by atoms with Crippen LogP contribution in [0.2, 0.25) is 0 Å². The molecule has 1 aromatic carbocycles. The summed E-state index contributed by atoms with van der Waals surface area (Å²) >= 11 is 3.43. The fourth-order valence-electron chi connectivity index (χ4n) is 1.76. The van der Waals surface area contributed by atoms with Crippen LogP contribution >= 0.6 is 15.9 Å². The van der Waals surface area contributed by atoms with Crippen molar-refractivity contribution in [1.29, 1.82) is 0 Å². The van der Waals surface area contributed by atoms with Crippen molar-refractivity contribution < 1.29 is 9.15 Å². The van der Waals surface area contributed by atoms with Crippen LogP contribution in [-0.2, 0) is 24.5 Å². The average molecular weight is 310 g/mol. The van der Waals surface area contributed by atoms with Crippen LogP contribution in [0.15, 0.2) is 39.2 Å². The molecule has 0 aliphatic heterocycles. The van der Waals surface area contributed by atoms with Gasteiger partial charge in [0.25, 0.3) is 0 Å². The molecule has 0 aliphatic carbocycles. The first kappa shape index (κ1) is 13.3. The Kier molecular flexibility index (Phi) is 4.58. The third kappa shape index (κ3) is 3.45. The van der Waals surface area contributed by atoms with Crippen molar-refractivity contribution in [2.24, 2.45) is 5.73 Å². The maximum atomic E-state index is 5.62. The quantitative estimate of drug-likeness (QED) is 0.919. The van der Waals surface area contributed by atoms with Gasteiger partial charge in [-0.3, -0.25) is 0 Å². The standard InChI is InChI=1S/C14H16BrNO2/c1-10-5-13(18-14(10)7-16)9-17-8-11-3-2-4-12(15)6-11/h2-6H,7-9,16H2,1H3. The molecule has 18 heavy (non-hydrogen) atoms. The van der Waals surface area contributed by atoms with Crippen LogP contribution in [0.4, 0.5) is 0 Å². The predicted molar refractivity (Wildman–Crippen MR) is 74.0 cm³/mol. The van der Waals surface area contributed by atoms with E-state index in [2.05, 4.69) is 15.9 Å². The summed E-state index contributed by atoms with van der Waals surface area (Å²) in [5.74, 6) is 1.65. The molecule has 3 nitrogen and oxygen atoms in total. The average Bonchev–Trinajstić information content (AvgIpc) is 2.70. The molecule has 4 heteroatoms. The van der Waals surface area contributed by atoms with E-state index in [0.29, 0.717) is 19.8 Å². The summed E-state index contributed by atoms with van der Waals surface area (Å²) in [5, 5.41) is 0. The van der Waals surface area contributed by atoms with E-state index in [0.717, 1.165) is 27.1 Å². The lowest BCUT2D eigenvalue weighted by molar-refractivity contribution is 0.0921. The van der Waals surface area contributed by atoms with E-state index in [-0.39, 0.29) is 0 Å². The molecule has 0 saturated heterocycles. The SMILES string of the molecule is Cc1cc(COCc2cccc(Br)c2)oc1CN. The van der Waals surface area contributed by atoms with E-state index in [9.17, 15) is 0 Å². The first-order valence-electron chi connectivity index (χ1n) is 5.79. The minimum atomic E-state index is 0.428. The van der Waals surface area contributed by atoms with Gasteiger partial charge in [-0.05, 0) is 36.2 Å². The highest BCUT2D eigenvalue weighted by atomic mass is 79.9. The predicted octanol–water partition coefficient (Wildman–Crippen LogP) is 3.53. The molecule has 0 atom stereocenters. The molecule has 0 fully saturated rings. The van der Waals surface area contributed by atoms with Crippen LogP contribution in [0.3, 0.4) is 0 Å². The number of furan rings is 1. The Hall–Kier alpha value is -1.10. The second-order valence-electron chi connectivity index (χ2n) is 4.15. The first-order chi connectivity index (χ1) is 8.69. The zero-order valence-electron chi connectivity index (χ0n) is 10.3. The topological polar surface area (TPSA) is 48.4 Å². The van der Waals surface area contributed by atoms with Gasteiger partial charge in [0, 0.05) is 4.47 Å². The van der Waals surface area contributed by atoms with Gasteiger partial charge in [-0.2, -0.15) is 0 Å². The molecule has 1 aromatic heterocycles. The zero-order chi connectivity index (χ0) is 13.0. The van der Waals surface area contributed by atoms with Gasteiger partial charge in [-0.15, -0.1) is 0 Å². The lowest BCUT2D eigenvalue weighted by Crippen LogP contribution is -1.95. The fourth-order valence-corrected chi connectivity index (χ4v) is 2.21. The smallest absolute Gasteiger partial charge is 0.130 e. The minimum absolute atomic E-state index is 0.428. The van der Waals surface area contributed by atoms with Crippen molar-refractivity contribution in [1.82, 2.24) is 0 Å². The van der Waals surface area contributed by atoms with Crippen LogP contribution in [-0.4, -0.2) is 0 Å². The second-order valence-corrected chi connectivity index (χ2v) is 5.06. The molecule has 96 valence electrons. The molecule has 2 aromatic rings. The number of halogens is 1. The molecule has 0 spiro atoms. The Morgan fingerprint density at radius 2 is 2.11 bits per heavy atom. The summed E-state index contributed by atoms with van der Waals surface area (Å²) in [6.45, 7) is 3.45. The molecule has 0 unspecified atom stereocenters. The Morgan fingerprint density at radius 1 is 1.28 bits per heavy atom. The highest BCUT2D eigenvalue weighted by molar-refractivity contribution is 9.10. The van der Waals surface area contributed by atoms with E-state index >= 15 is 0 Å². The van der Waals surface area contributed by atoms with Crippen LogP contribution in [0.1, 0.15) is 22.6 Å². The van der Waals surface area contributed by atoms with Crippen molar-refractivity contribution in [2.45, 2.75) is 26.7 Å². The van der Waals surface area contributed by atoms with Gasteiger partial charge in [-0.1, -0.05) is 28.1 Å². The summed E-state index contributed by atoms with van der Waals surface area (Å²) in [6.07, 6.45) is 0. The largest absolute Gasteiger partial charge is 0.462 e. The van der Waals surface area contributed by atoms with E-state index < -0.39 is 0 Å². The van der Waals surface area contributed by atoms with Crippen LogP contribution in [0.25, 0.3) is 0 Å². The van der Waals surface area contributed by atoms with Gasteiger partial charge in [0.2, 0.25) is 0 Å². The third-order valence-corrected chi connectivity index (χ3v) is 3.15. The lowest BCUT2D eigenvalue weighted by atomic mass is 10.2. The maximum absolute atomic E-state index is 5.62. The number of benzene rings is 1. The normalized spacial score (nSPS) is 10.8. The molecule has 2 rings (SSSR count). The Bertz CT molecular complexity index is 522. The fraction of sp³-hybridized carbons (Fsp3) is 0.286. The minimum Gasteiger partial charge on any atom is -0.462 e. The molecule has 0 amide bonds. The van der Waals surface area contributed by atoms with Crippen LogP contribution in [0.5, 0.6) is 0 Å². The molecule has 0 saturated carbocycles. The van der Waals surface area contributed by atoms with Gasteiger partial charge in [0.05, 0.1) is 13.2 Å². The van der Waals surface area contributed by atoms with Crippen molar-refractivity contribution in [2.75, 3.05) is 0 Å². The van der Waals surface area contributed by atoms with Gasteiger partial charge < -0.3 is 14.9 Å². The lowest BCUT2D eigenvalue weighted by Gasteiger charge is -2.03. The zero-order valence-corrected chi connectivity index (χ0v) is 11.9. The molecular weight excluding hydrogens is 294 g/mol. The third-order valence-electron chi connectivity index (χ3n) is 2.66. The number of nitrogens with two attached hydrogens (primary N) is 1. The van der Waals surface area contributed by atoms with Crippen LogP contribution in [0, 0.1) is 6.92 Å². The van der Waals surface area contributed by atoms with E-state index in [4.69, 9.17) is 14.9 Å². The Morgan fingerprint density at radius 3 is 2.78 bits per heavy atom. The van der Waals surface area contributed by atoms with Crippen LogP contribution < -0.4 is 5.73 Å². The first-order valence-corrected chi connectivity index (χ1v) is 6.59. The number of ether oxygens (including phenoxy) is 1. The Balaban J connectivity index is 1.88. The highest BCUT2D eigenvalue weighted by Crippen LogP contribution is 2.16. The molecular formula is C14H16BrNO2. The molecule has 0 aliphatic rings. The molecule has 0 radical (unpaired) electrons. The van der Waals surface area contributed by atoms with Crippen molar-refractivity contribution >= 4 is 15.9 Å². The van der Waals surface area contributed by atoms with Crippen molar-refractivity contribution in [3.05, 3.63) is 57.5 Å². The number of aryl methyl sites for hydroxylation is 1. The van der Waals surface area contributed by atoms with Crippen molar-refractivity contribution in [3.8, 4) is 0 Å². The number of hydrogen-bond acceptors (Lipinski definition) is 3. The Labute approximate surface area is 115 Å². The van der Waals surface area contributed by atoms with E-state index in [1.807, 2.05) is 37.3 Å². The van der Waals surface area contributed by atoms with Gasteiger partial charge in [0.1, 0.15) is 18.1 Å². The van der Waals surface area contributed by atoms with Gasteiger partial charge in [0.15, 0.2) is 0 Å². The summed E-state index contributed by atoms with van der Waals surface area (Å²) in [4.78, 5) is 0. The second kappa shape index (κ2) is 6.18. The molecule has 1 heterocycles. The number of hydrogen-bond donors (Lipinski definition) is 1. The van der Waals surface area contributed by atoms with E-state index in [1.165, 1.54) is 0 Å². The molecule has 2 N–H and O–H groups in total. The summed E-state index contributed by atoms with van der Waals surface area (Å²) in [5.41, 5.74) is 7.77. The summed E-state index contributed by atoms with van der Waals surface area (Å²) in [7, 11) is 0.